The SMILES string of the molecule is CC(O)CC1CCCCCN1S(=O)(=O)N1CCCC1. The maximum absolute atomic E-state index is 12.7. The molecule has 0 bridgehead atoms. The van der Waals surface area contributed by atoms with Gasteiger partial charge < -0.3 is 5.11 Å². The van der Waals surface area contributed by atoms with Gasteiger partial charge in [0.25, 0.3) is 10.2 Å². The molecule has 5 nitrogen and oxygen atoms in total. The molecule has 0 radical (unpaired) electrons. The molecule has 0 aromatic heterocycles. The minimum absolute atomic E-state index is 0.0342. The summed E-state index contributed by atoms with van der Waals surface area (Å²) >= 11 is 0. The van der Waals surface area contributed by atoms with Gasteiger partial charge >= 0.3 is 0 Å². The molecule has 0 saturated carbocycles. The molecule has 2 rings (SSSR count). The normalized spacial score (nSPS) is 29.3. The largest absolute Gasteiger partial charge is 0.393 e. The third-order valence-corrected chi connectivity index (χ3v) is 6.22. The van der Waals surface area contributed by atoms with E-state index in [1.807, 2.05) is 0 Å². The minimum Gasteiger partial charge on any atom is -0.393 e. The smallest absolute Gasteiger partial charge is 0.282 e. The van der Waals surface area contributed by atoms with Crippen LogP contribution in [0.4, 0.5) is 0 Å². The second-order valence-corrected chi connectivity index (χ2v) is 7.69. The van der Waals surface area contributed by atoms with Gasteiger partial charge in [-0.15, -0.1) is 0 Å². The highest BCUT2D eigenvalue weighted by molar-refractivity contribution is 7.86. The quantitative estimate of drug-likeness (QED) is 0.850. The Morgan fingerprint density at radius 1 is 1.11 bits per heavy atom. The van der Waals surface area contributed by atoms with Crippen molar-refractivity contribution in [3.05, 3.63) is 0 Å². The van der Waals surface area contributed by atoms with Gasteiger partial charge in [0.15, 0.2) is 0 Å². The van der Waals surface area contributed by atoms with Crippen molar-refractivity contribution >= 4 is 10.2 Å². The zero-order valence-electron chi connectivity index (χ0n) is 11.8. The van der Waals surface area contributed by atoms with Crippen molar-refractivity contribution in [2.24, 2.45) is 0 Å². The Labute approximate surface area is 116 Å². The van der Waals surface area contributed by atoms with Gasteiger partial charge in [-0.05, 0) is 39.0 Å². The van der Waals surface area contributed by atoms with E-state index in [4.69, 9.17) is 0 Å². The fourth-order valence-corrected chi connectivity index (χ4v) is 5.10. The summed E-state index contributed by atoms with van der Waals surface area (Å²) in [5.74, 6) is 0. The van der Waals surface area contributed by atoms with E-state index in [1.54, 1.807) is 15.5 Å². The molecule has 0 aliphatic carbocycles. The molecule has 2 heterocycles. The van der Waals surface area contributed by atoms with E-state index in [1.165, 1.54) is 0 Å². The van der Waals surface area contributed by atoms with Crippen molar-refractivity contribution in [1.29, 1.82) is 0 Å². The first-order valence-corrected chi connectivity index (χ1v) is 8.86. The summed E-state index contributed by atoms with van der Waals surface area (Å²) in [6, 6.07) is -0.0342. The van der Waals surface area contributed by atoms with Crippen LogP contribution in [0.5, 0.6) is 0 Å². The fraction of sp³-hybridized carbons (Fsp3) is 1.00. The van der Waals surface area contributed by atoms with Crippen LogP contribution < -0.4 is 0 Å². The molecule has 2 atom stereocenters. The van der Waals surface area contributed by atoms with Gasteiger partial charge in [-0.25, -0.2) is 0 Å². The van der Waals surface area contributed by atoms with E-state index >= 15 is 0 Å². The lowest BCUT2D eigenvalue weighted by molar-refractivity contribution is 0.144. The Morgan fingerprint density at radius 2 is 1.74 bits per heavy atom. The summed E-state index contributed by atoms with van der Waals surface area (Å²) in [5, 5.41) is 9.61. The Morgan fingerprint density at radius 3 is 2.37 bits per heavy atom. The van der Waals surface area contributed by atoms with Crippen LogP contribution in [0.25, 0.3) is 0 Å². The summed E-state index contributed by atoms with van der Waals surface area (Å²) in [7, 11) is -3.32. The molecular weight excluding hydrogens is 264 g/mol. The standard InChI is InChI=1S/C13H26N2O3S/c1-12(16)11-13-7-3-2-4-10-15(13)19(17,18)14-8-5-6-9-14/h12-13,16H,2-11H2,1H3. The molecule has 0 spiro atoms. The highest BCUT2D eigenvalue weighted by atomic mass is 32.2. The Kier molecular flexibility index (Phi) is 5.22. The minimum atomic E-state index is -3.32. The maximum Gasteiger partial charge on any atom is 0.282 e. The maximum atomic E-state index is 12.7. The number of hydrogen-bond donors (Lipinski definition) is 1. The lowest BCUT2D eigenvalue weighted by atomic mass is 10.1. The molecule has 0 aromatic carbocycles. The summed E-state index contributed by atoms with van der Waals surface area (Å²) in [6.07, 6.45) is 5.99. The first-order valence-electron chi connectivity index (χ1n) is 7.47. The number of aliphatic hydroxyl groups excluding tert-OH is 1. The van der Waals surface area contributed by atoms with Crippen LogP contribution in [-0.2, 0) is 10.2 Å². The van der Waals surface area contributed by atoms with Gasteiger partial charge in [-0.1, -0.05) is 12.8 Å². The van der Waals surface area contributed by atoms with Gasteiger partial charge in [0, 0.05) is 25.7 Å². The lowest BCUT2D eigenvalue weighted by Gasteiger charge is -2.33. The number of aliphatic hydroxyl groups is 1. The Bertz CT molecular complexity index is 377. The molecule has 2 unspecified atom stereocenters. The average molecular weight is 290 g/mol. The highest BCUT2D eigenvalue weighted by Gasteiger charge is 2.36. The summed E-state index contributed by atoms with van der Waals surface area (Å²) < 4.78 is 28.7. The van der Waals surface area contributed by atoms with Crippen molar-refractivity contribution in [2.45, 2.75) is 64.0 Å². The highest BCUT2D eigenvalue weighted by Crippen LogP contribution is 2.26. The molecule has 6 heteroatoms. The van der Waals surface area contributed by atoms with Crippen molar-refractivity contribution in [3.63, 3.8) is 0 Å². The predicted molar refractivity (Wildman–Crippen MR) is 75.0 cm³/mol. The van der Waals surface area contributed by atoms with Crippen LogP contribution in [0.2, 0.25) is 0 Å². The van der Waals surface area contributed by atoms with Crippen molar-refractivity contribution in [3.8, 4) is 0 Å². The van der Waals surface area contributed by atoms with E-state index < -0.39 is 16.3 Å². The lowest BCUT2D eigenvalue weighted by Crippen LogP contribution is -2.48. The van der Waals surface area contributed by atoms with E-state index in [-0.39, 0.29) is 6.04 Å². The van der Waals surface area contributed by atoms with Crippen molar-refractivity contribution in [2.75, 3.05) is 19.6 Å². The van der Waals surface area contributed by atoms with Gasteiger partial charge in [0.05, 0.1) is 6.10 Å². The first-order chi connectivity index (χ1) is 9.01. The summed E-state index contributed by atoms with van der Waals surface area (Å²) in [4.78, 5) is 0. The van der Waals surface area contributed by atoms with Crippen LogP contribution in [-0.4, -0.2) is 53.9 Å². The Hall–Kier alpha value is -0.170. The molecule has 2 fully saturated rings. The van der Waals surface area contributed by atoms with Gasteiger partial charge in [0.2, 0.25) is 0 Å². The topological polar surface area (TPSA) is 60.9 Å². The van der Waals surface area contributed by atoms with Gasteiger partial charge in [-0.2, -0.15) is 17.0 Å². The molecule has 1 N–H and O–H groups in total. The molecule has 2 aliphatic heterocycles. The average Bonchev–Trinajstić information content (AvgIpc) is 2.77. The zero-order valence-corrected chi connectivity index (χ0v) is 12.6. The number of hydrogen-bond acceptors (Lipinski definition) is 3. The summed E-state index contributed by atoms with van der Waals surface area (Å²) in [5.41, 5.74) is 0. The molecule has 0 amide bonds. The van der Waals surface area contributed by atoms with E-state index in [9.17, 15) is 13.5 Å². The third kappa shape index (κ3) is 3.68. The molecular formula is C13H26N2O3S. The monoisotopic (exact) mass is 290 g/mol. The number of nitrogens with zero attached hydrogens (tertiary/aromatic N) is 2. The molecule has 2 saturated heterocycles. The van der Waals surface area contributed by atoms with E-state index in [0.29, 0.717) is 26.1 Å². The number of rotatable bonds is 4. The molecule has 0 aromatic rings. The molecule has 112 valence electrons. The molecule has 19 heavy (non-hydrogen) atoms. The second-order valence-electron chi connectivity index (χ2n) is 5.81. The third-order valence-electron chi connectivity index (χ3n) is 4.12. The van der Waals surface area contributed by atoms with Crippen molar-refractivity contribution in [1.82, 2.24) is 8.61 Å². The predicted octanol–water partition coefficient (Wildman–Crippen LogP) is 1.34. The van der Waals surface area contributed by atoms with E-state index in [2.05, 4.69) is 0 Å². The van der Waals surface area contributed by atoms with Gasteiger partial charge in [-0.3, -0.25) is 0 Å². The van der Waals surface area contributed by atoms with Crippen molar-refractivity contribution < 1.29 is 13.5 Å². The molecule has 2 aliphatic rings. The Balaban J connectivity index is 2.16. The second kappa shape index (κ2) is 6.52. The van der Waals surface area contributed by atoms with Crippen LogP contribution in [0.3, 0.4) is 0 Å². The van der Waals surface area contributed by atoms with E-state index in [0.717, 1.165) is 38.5 Å². The summed E-state index contributed by atoms with van der Waals surface area (Å²) in [6.45, 7) is 3.65. The fourth-order valence-electron chi connectivity index (χ4n) is 3.15. The zero-order chi connectivity index (χ0) is 13.9. The van der Waals surface area contributed by atoms with Crippen LogP contribution in [0.15, 0.2) is 0 Å². The van der Waals surface area contributed by atoms with Crippen LogP contribution in [0.1, 0.15) is 51.9 Å². The first kappa shape index (κ1) is 15.2. The van der Waals surface area contributed by atoms with Gasteiger partial charge in [0.1, 0.15) is 0 Å². The van der Waals surface area contributed by atoms with Crippen LogP contribution >= 0.6 is 0 Å². The van der Waals surface area contributed by atoms with Crippen LogP contribution in [0, 0.1) is 0 Å².